The molecule has 1 N–H and O–H groups in total. The molecule has 2 heterocycles. The van der Waals surface area contributed by atoms with E-state index in [-0.39, 0.29) is 37.2 Å². The fourth-order valence-corrected chi connectivity index (χ4v) is 2.77. The SMILES string of the molecule is O=C(Cn1cnc(-c2ccc3c(c2)OCO3)cc1=O)NCc1ccc(F)cc1. The van der Waals surface area contributed by atoms with Crippen LogP contribution in [0.25, 0.3) is 11.3 Å². The van der Waals surface area contributed by atoms with E-state index in [4.69, 9.17) is 9.47 Å². The minimum absolute atomic E-state index is 0.158. The molecule has 28 heavy (non-hydrogen) atoms. The van der Waals surface area contributed by atoms with Gasteiger partial charge in [-0.2, -0.15) is 0 Å². The van der Waals surface area contributed by atoms with Crippen molar-refractivity contribution in [3.05, 3.63) is 76.6 Å². The largest absolute Gasteiger partial charge is 0.454 e. The molecule has 0 radical (unpaired) electrons. The average Bonchev–Trinajstić information content (AvgIpc) is 3.17. The zero-order valence-electron chi connectivity index (χ0n) is 14.7. The van der Waals surface area contributed by atoms with Crippen molar-refractivity contribution in [3.8, 4) is 22.8 Å². The normalized spacial score (nSPS) is 12.0. The molecular formula is C20H16FN3O4. The first-order valence-electron chi connectivity index (χ1n) is 8.56. The highest BCUT2D eigenvalue weighted by molar-refractivity contribution is 5.75. The van der Waals surface area contributed by atoms with Crippen LogP contribution in [0.1, 0.15) is 5.56 Å². The van der Waals surface area contributed by atoms with Gasteiger partial charge in [-0.25, -0.2) is 9.37 Å². The van der Waals surface area contributed by atoms with Crippen LogP contribution in [-0.2, 0) is 17.9 Å². The first-order chi connectivity index (χ1) is 13.6. The van der Waals surface area contributed by atoms with E-state index in [0.717, 1.165) is 5.56 Å². The van der Waals surface area contributed by atoms with Gasteiger partial charge in [0.25, 0.3) is 5.56 Å². The van der Waals surface area contributed by atoms with Crippen molar-refractivity contribution in [3.63, 3.8) is 0 Å². The topological polar surface area (TPSA) is 82.5 Å². The summed E-state index contributed by atoms with van der Waals surface area (Å²) in [5, 5.41) is 2.69. The summed E-state index contributed by atoms with van der Waals surface area (Å²) in [7, 11) is 0. The zero-order chi connectivity index (χ0) is 19.5. The van der Waals surface area contributed by atoms with Crippen LogP contribution in [0.4, 0.5) is 4.39 Å². The lowest BCUT2D eigenvalue weighted by Gasteiger charge is -2.08. The third-order valence-corrected chi connectivity index (χ3v) is 4.26. The van der Waals surface area contributed by atoms with Gasteiger partial charge in [-0.05, 0) is 35.9 Å². The molecule has 0 saturated heterocycles. The second kappa shape index (κ2) is 7.51. The Morgan fingerprint density at radius 3 is 2.68 bits per heavy atom. The number of hydrogen-bond acceptors (Lipinski definition) is 5. The van der Waals surface area contributed by atoms with E-state index in [2.05, 4.69) is 10.3 Å². The number of benzene rings is 2. The van der Waals surface area contributed by atoms with Gasteiger partial charge in [-0.15, -0.1) is 0 Å². The number of rotatable bonds is 5. The minimum Gasteiger partial charge on any atom is -0.454 e. The second-order valence-corrected chi connectivity index (χ2v) is 6.21. The number of carbonyl (C=O) groups excluding carboxylic acids is 1. The fourth-order valence-electron chi connectivity index (χ4n) is 2.77. The van der Waals surface area contributed by atoms with Crippen LogP contribution in [0.5, 0.6) is 11.5 Å². The molecule has 0 atom stereocenters. The molecule has 0 saturated carbocycles. The molecule has 0 aliphatic carbocycles. The molecule has 1 aromatic heterocycles. The Labute approximate surface area is 159 Å². The van der Waals surface area contributed by atoms with E-state index in [1.165, 1.54) is 29.1 Å². The molecule has 4 rings (SSSR count). The average molecular weight is 381 g/mol. The molecule has 7 nitrogen and oxygen atoms in total. The van der Waals surface area contributed by atoms with Crippen molar-refractivity contribution in [2.75, 3.05) is 6.79 Å². The molecule has 8 heteroatoms. The van der Waals surface area contributed by atoms with Crippen LogP contribution in [0.3, 0.4) is 0 Å². The van der Waals surface area contributed by atoms with Gasteiger partial charge in [0.05, 0.1) is 12.0 Å². The summed E-state index contributed by atoms with van der Waals surface area (Å²) >= 11 is 0. The van der Waals surface area contributed by atoms with E-state index in [1.807, 2.05) is 0 Å². The van der Waals surface area contributed by atoms with Crippen LogP contribution in [0.2, 0.25) is 0 Å². The first kappa shape index (κ1) is 17.7. The summed E-state index contributed by atoms with van der Waals surface area (Å²) in [6.07, 6.45) is 1.33. The lowest BCUT2D eigenvalue weighted by atomic mass is 10.1. The van der Waals surface area contributed by atoms with Gasteiger partial charge < -0.3 is 14.8 Å². The molecule has 1 aliphatic rings. The molecular weight excluding hydrogens is 365 g/mol. The molecule has 3 aromatic rings. The van der Waals surface area contributed by atoms with Crippen LogP contribution in [0.15, 0.2) is 59.7 Å². The molecule has 1 amide bonds. The summed E-state index contributed by atoms with van der Waals surface area (Å²) in [5.74, 6) is 0.567. The number of ether oxygens (including phenoxy) is 2. The van der Waals surface area contributed by atoms with Crippen LogP contribution in [0, 0.1) is 5.82 Å². The number of halogens is 1. The lowest BCUT2D eigenvalue weighted by Crippen LogP contribution is -2.31. The van der Waals surface area contributed by atoms with Crippen molar-refractivity contribution in [1.82, 2.24) is 14.9 Å². The lowest BCUT2D eigenvalue weighted by molar-refractivity contribution is -0.121. The van der Waals surface area contributed by atoms with E-state index >= 15 is 0 Å². The summed E-state index contributed by atoms with van der Waals surface area (Å²) in [6, 6.07) is 12.5. The maximum absolute atomic E-state index is 12.9. The fraction of sp³-hybridized carbons (Fsp3) is 0.150. The standard InChI is InChI=1S/C20H16FN3O4/c21-15-4-1-13(2-5-15)9-22-19(25)10-24-11-23-16(8-20(24)26)14-3-6-17-18(7-14)28-12-27-17/h1-8,11H,9-10,12H2,(H,22,25). The predicted octanol–water partition coefficient (Wildman–Crippen LogP) is 2.09. The molecule has 0 fully saturated rings. The van der Waals surface area contributed by atoms with E-state index < -0.39 is 0 Å². The molecule has 1 aliphatic heterocycles. The smallest absolute Gasteiger partial charge is 0.254 e. The maximum Gasteiger partial charge on any atom is 0.254 e. The molecule has 0 spiro atoms. The molecule has 142 valence electrons. The highest BCUT2D eigenvalue weighted by Crippen LogP contribution is 2.35. The van der Waals surface area contributed by atoms with Gasteiger partial charge in [0, 0.05) is 18.2 Å². The van der Waals surface area contributed by atoms with E-state index in [9.17, 15) is 14.0 Å². The van der Waals surface area contributed by atoms with Gasteiger partial charge in [0.2, 0.25) is 12.7 Å². The summed E-state index contributed by atoms with van der Waals surface area (Å²) in [4.78, 5) is 28.7. The first-order valence-corrected chi connectivity index (χ1v) is 8.56. The quantitative estimate of drug-likeness (QED) is 0.732. The zero-order valence-corrected chi connectivity index (χ0v) is 14.7. The van der Waals surface area contributed by atoms with Crippen molar-refractivity contribution >= 4 is 5.91 Å². The van der Waals surface area contributed by atoms with Gasteiger partial charge in [0.1, 0.15) is 12.4 Å². The molecule has 2 aromatic carbocycles. The Morgan fingerprint density at radius 2 is 1.89 bits per heavy atom. The number of aromatic nitrogens is 2. The van der Waals surface area contributed by atoms with Crippen LogP contribution >= 0.6 is 0 Å². The molecule has 0 bridgehead atoms. The Kier molecular flexibility index (Phi) is 4.76. The van der Waals surface area contributed by atoms with Crippen LogP contribution in [-0.4, -0.2) is 22.3 Å². The number of amides is 1. The van der Waals surface area contributed by atoms with Crippen molar-refractivity contribution < 1.29 is 18.7 Å². The Balaban J connectivity index is 1.42. The highest BCUT2D eigenvalue weighted by Gasteiger charge is 2.15. The Bertz CT molecular complexity index is 1080. The predicted molar refractivity (Wildman–Crippen MR) is 98.3 cm³/mol. The van der Waals surface area contributed by atoms with Crippen molar-refractivity contribution in [2.24, 2.45) is 0 Å². The number of hydrogen-bond donors (Lipinski definition) is 1. The molecule has 0 unspecified atom stereocenters. The third kappa shape index (κ3) is 3.85. The highest BCUT2D eigenvalue weighted by atomic mass is 19.1. The number of carbonyl (C=O) groups is 1. The monoisotopic (exact) mass is 381 g/mol. The Morgan fingerprint density at radius 1 is 1.11 bits per heavy atom. The number of nitrogens with zero attached hydrogens (tertiary/aromatic N) is 2. The Hall–Kier alpha value is -3.68. The van der Waals surface area contributed by atoms with Crippen molar-refractivity contribution in [2.45, 2.75) is 13.1 Å². The maximum atomic E-state index is 12.9. The van der Waals surface area contributed by atoms with Gasteiger partial charge >= 0.3 is 0 Å². The third-order valence-electron chi connectivity index (χ3n) is 4.26. The van der Waals surface area contributed by atoms with Gasteiger partial charge in [-0.1, -0.05) is 12.1 Å². The summed E-state index contributed by atoms with van der Waals surface area (Å²) < 4.78 is 24.7. The van der Waals surface area contributed by atoms with E-state index in [1.54, 1.807) is 30.3 Å². The minimum atomic E-state index is -0.348. The summed E-state index contributed by atoms with van der Waals surface area (Å²) in [6.45, 7) is 0.256. The number of fused-ring (bicyclic) bond motifs is 1. The van der Waals surface area contributed by atoms with Gasteiger partial charge in [-0.3, -0.25) is 14.2 Å². The number of nitrogens with one attached hydrogen (secondary N) is 1. The van der Waals surface area contributed by atoms with Crippen LogP contribution < -0.4 is 20.3 Å². The summed E-state index contributed by atoms with van der Waals surface area (Å²) in [5.41, 5.74) is 1.61. The van der Waals surface area contributed by atoms with E-state index in [0.29, 0.717) is 22.8 Å². The second-order valence-electron chi connectivity index (χ2n) is 6.21. The van der Waals surface area contributed by atoms with Gasteiger partial charge in [0.15, 0.2) is 11.5 Å². The van der Waals surface area contributed by atoms with Crippen molar-refractivity contribution in [1.29, 1.82) is 0 Å².